The molecule has 0 saturated heterocycles. The number of aromatic nitrogens is 4. The minimum atomic E-state index is -1.59. The molecule has 2 aliphatic rings. The number of halogens is 3. The van der Waals surface area contributed by atoms with Crippen LogP contribution in [-0.2, 0) is 26.1 Å². The number of hydrogen-bond acceptors (Lipinski definition) is 4. The van der Waals surface area contributed by atoms with E-state index >= 15 is 0 Å². The van der Waals surface area contributed by atoms with Gasteiger partial charge in [-0.1, -0.05) is 6.07 Å². The van der Waals surface area contributed by atoms with Gasteiger partial charge in [-0.15, -0.1) is 0 Å². The smallest absolute Gasteiger partial charge is 0.272 e. The van der Waals surface area contributed by atoms with Gasteiger partial charge in [-0.2, -0.15) is 5.10 Å². The first-order valence-electron chi connectivity index (χ1n) is 11.6. The number of amides is 2. The highest BCUT2D eigenvalue weighted by Crippen LogP contribution is 2.31. The van der Waals surface area contributed by atoms with Crippen molar-refractivity contribution in [1.82, 2.24) is 29.5 Å². The van der Waals surface area contributed by atoms with Gasteiger partial charge in [0.25, 0.3) is 11.8 Å². The van der Waals surface area contributed by atoms with Crippen LogP contribution in [-0.4, -0.2) is 53.9 Å². The lowest BCUT2D eigenvalue weighted by molar-refractivity contribution is 0.0633. The van der Waals surface area contributed by atoms with Crippen LogP contribution in [0.1, 0.15) is 44.9 Å². The van der Waals surface area contributed by atoms with Crippen molar-refractivity contribution >= 4 is 22.7 Å². The van der Waals surface area contributed by atoms with Crippen LogP contribution >= 0.6 is 0 Å². The normalized spacial score (nSPS) is 17.4. The van der Waals surface area contributed by atoms with Crippen molar-refractivity contribution in [1.29, 1.82) is 0 Å². The molecule has 8 nitrogen and oxygen atoms in total. The van der Waals surface area contributed by atoms with E-state index in [0.29, 0.717) is 37.3 Å². The predicted octanol–water partition coefficient (Wildman–Crippen LogP) is 3.42. The largest absolute Gasteiger partial charge is 0.350 e. The van der Waals surface area contributed by atoms with Gasteiger partial charge in [0.15, 0.2) is 17.5 Å². The van der Waals surface area contributed by atoms with Gasteiger partial charge in [-0.25, -0.2) is 13.2 Å². The molecule has 1 aromatic carbocycles. The molecular formula is C25H21F3N6O2. The summed E-state index contributed by atoms with van der Waals surface area (Å²) in [6.07, 6.45) is 2.12. The molecule has 0 radical (unpaired) electrons. The fourth-order valence-corrected chi connectivity index (χ4v) is 5.02. The van der Waals surface area contributed by atoms with Crippen LogP contribution in [0, 0.1) is 17.5 Å². The molecule has 2 aliphatic heterocycles. The number of nitrogens with one attached hydrogen (secondary N) is 1. The Morgan fingerprint density at radius 3 is 2.78 bits per heavy atom. The molecule has 0 fully saturated rings. The molecule has 0 bridgehead atoms. The maximum atomic E-state index is 14.2. The van der Waals surface area contributed by atoms with E-state index in [4.69, 9.17) is 0 Å². The molecule has 5 heterocycles. The first-order valence-corrected chi connectivity index (χ1v) is 11.6. The molecule has 0 unspecified atom stereocenters. The number of aromatic amines is 1. The minimum absolute atomic E-state index is 0.00772. The number of nitrogens with zero attached hydrogens (tertiary/aromatic N) is 5. The van der Waals surface area contributed by atoms with E-state index in [1.165, 1.54) is 6.07 Å². The Balaban J connectivity index is 1.31. The SMILES string of the molecule is C[C@@H]1Cc2nn3c(c2CN1C(=O)c1cc2c(F)c(F)c(F)cc2[nH]1)C(=O)N(Cc1ccccn1)CC3. The van der Waals surface area contributed by atoms with Crippen molar-refractivity contribution in [2.45, 2.75) is 39.0 Å². The molecule has 4 aromatic rings. The fourth-order valence-electron chi connectivity index (χ4n) is 5.02. The van der Waals surface area contributed by atoms with Crippen LogP contribution in [0.5, 0.6) is 0 Å². The van der Waals surface area contributed by atoms with Crippen LogP contribution in [0.3, 0.4) is 0 Å². The topological polar surface area (TPSA) is 87.1 Å². The number of benzene rings is 1. The predicted molar refractivity (Wildman–Crippen MR) is 122 cm³/mol. The summed E-state index contributed by atoms with van der Waals surface area (Å²) >= 11 is 0. The second-order valence-corrected chi connectivity index (χ2v) is 9.16. The van der Waals surface area contributed by atoms with E-state index in [-0.39, 0.29) is 35.1 Å². The third-order valence-electron chi connectivity index (χ3n) is 6.88. The molecule has 2 amide bonds. The van der Waals surface area contributed by atoms with E-state index < -0.39 is 23.4 Å². The number of carbonyl (C=O) groups excluding carboxylic acids is 2. The van der Waals surface area contributed by atoms with E-state index in [2.05, 4.69) is 15.1 Å². The van der Waals surface area contributed by atoms with Gasteiger partial charge in [0.1, 0.15) is 11.4 Å². The number of H-pyrrole nitrogens is 1. The molecule has 6 rings (SSSR count). The van der Waals surface area contributed by atoms with Crippen molar-refractivity contribution in [3.8, 4) is 0 Å². The van der Waals surface area contributed by atoms with Crippen LogP contribution in [0.2, 0.25) is 0 Å². The zero-order chi connectivity index (χ0) is 25.1. The Bertz CT molecular complexity index is 1530. The summed E-state index contributed by atoms with van der Waals surface area (Å²) < 4.78 is 43.2. The second-order valence-electron chi connectivity index (χ2n) is 9.16. The van der Waals surface area contributed by atoms with Gasteiger partial charge in [0.05, 0.1) is 36.5 Å². The van der Waals surface area contributed by atoms with Crippen molar-refractivity contribution in [2.24, 2.45) is 0 Å². The molecule has 1 N–H and O–H groups in total. The van der Waals surface area contributed by atoms with Gasteiger partial charge in [0, 0.05) is 42.2 Å². The van der Waals surface area contributed by atoms with Crippen LogP contribution in [0.15, 0.2) is 36.5 Å². The molecule has 0 aliphatic carbocycles. The quantitative estimate of drug-likeness (QED) is 0.442. The summed E-state index contributed by atoms with van der Waals surface area (Å²) in [6, 6.07) is 7.29. The highest BCUT2D eigenvalue weighted by atomic mass is 19.2. The van der Waals surface area contributed by atoms with Crippen LogP contribution < -0.4 is 0 Å². The fraction of sp³-hybridized carbons (Fsp3) is 0.280. The lowest BCUT2D eigenvalue weighted by Crippen LogP contribution is -2.44. The van der Waals surface area contributed by atoms with Gasteiger partial charge >= 0.3 is 0 Å². The van der Waals surface area contributed by atoms with E-state index in [9.17, 15) is 22.8 Å². The number of fused-ring (bicyclic) bond motifs is 4. The van der Waals surface area contributed by atoms with E-state index in [0.717, 1.165) is 17.5 Å². The maximum absolute atomic E-state index is 14.2. The Labute approximate surface area is 203 Å². The molecule has 0 saturated carbocycles. The molecular weight excluding hydrogens is 473 g/mol. The van der Waals surface area contributed by atoms with Crippen molar-refractivity contribution in [3.05, 3.63) is 82.3 Å². The third kappa shape index (κ3) is 3.45. The number of pyridine rings is 1. The molecule has 0 spiro atoms. The lowest BCUT2D eigenvalue weighted by atomic mass is 9.98. The van der Waals surface area contributed by atoms with Gasteiger partial charge in [-0.3, -0.25) is 19.3 Å². The van der Waals surface area contributed by atoms with Crippen molar-refractivity contribution in [3.63, 3.8) is 0 Å². The van der Waals surface area contributed by atoms with E-state index in [1.807, 2.05) is 25.1 Å². The van der Waals surface area contributed by atoms with Gasteiger partial charge in [0.2, 0.25) is 0 Å². The van der Waals surface area contributed by atoms with Crippen molar-refractivity contribution in [2.75, 3.05) is 6.54 Å². The number of carbonyl (C=O) groups is 2. The number of hydrogen-bond donors (Lipinski definition) is 1. The zero-order valence-corrected chi connectivity index (χ0v) is 19.3. The molecule has 11 heteroatoms. The highest BCUT2D eigenvalue weighted by molar-refractivity contribution is 5.99. The summed E-state index contributed by atoms with van der Waals surface area (Å²) in [4.78, 5) is 37.1. The average Bonchev–Trinajstić information content (AvgIpc) is 3.45. The summed E-state index contributed by atoms with van der Waals surface area (Å²) in [5.41, 5.74) is 2.66. The Hall–Kier alpha value is -4.15. The molecule has 3 aromatic heterocycles. The summed E-state index contributed by atoms with van der Waals surface area (Å²) in [7, 11) is 0. The van der Waals surface area contributed by atoms with Crippen LogP contribution in [0.25, 0.3) is 10.9 Å². The lowest BCUT2D eigenvalue weighted by Gasteiger charge is -2.33. The monoisotopic (exact) mass is 494 g/mol. The first-order chi connectivity index (χ1) is 17.3. The molecule has 1 atom stereocenters. The standard InChI is InChI=1S/C25H21F3N6O2/c1-13-8-19-16(23-25(36)32(6-7-34(23)31-19)11-14-4-2-3-5-29-14)12-33(13)24(35)20-9-15-18(30-20)10-17(26)22(28)21(15)27/h2-5,9-10,13,30H,6-8,11-12H2,1H3/t13-/m1/s1. The maximum Gasteiger partial charge on any atom is 0.272 e. The Morgan fingerprint density at radius 1 is 1.17 bits per heavy atom. The van der Waals surface area contributed by atoms with Gasteiger partial charge < -0.3 is 14.8 Å². The summed E-state index contributed by atoms with van der Waals surface area (Å²) in [6.45, 7) is 3.38. The first kappa shape index (κ1) is 22.3. The van der Waals surface area contributed by atoms with Crippen molar-refractivity contribution < 1.29 is 22.8 Å². The summed E-state index contributed by atoms with van der Waals surface area (Å²) in [5, 5.41) is 4.44. The minimum Gasteiger partial charge on any atom is -0.350 e. The highest BCUT2D eigenvalue weighted by Gasteiger charge is 2.37. The number of rotatable bonds is 3. The Morgan fingerprint density at radius 2 is 2.00 bits per heavy atom. The molecule has 184 valence electrons. The van der Waals surface area contributed by atoms with E-state index in [1.54, 1.807) is 20.7 Å². The molecule has 36 heavy (non-hydrogen) atoms. The average molecular weight is 494 g/mol. The van der Waals surface area contributed by atoms with Gasteiger partial charge in [-0.05, 0) is 25.1 Å². The third-order valence-corrected chi connectivity index (χ3v) is 6.88. The Kier molecular flexibility index (Phi) is 5.09. The zero-order valence-electron chi connectivity index (χ0n) is 19.3. The van der Waals surface area contributed by atoms with Crippen LogP contribution in [0.4, 0.5) is 13.2 Å². The second kappa shape index (κ2) is 8.21. The summed E-state index contributed by atoms with van der Waals surface area (Å²) in [5.74, 6) is -4.91.